The standard InChI is InChI=1S/C20H23N5O3S/c1-2-28-17-6-5-15(13-21-17)19(26)24-9-7-14(8-10-24)12-16-22-23-20(27)25(16)18-4-3-11-29-18/h3-6,11,13-14H,2,7-10,12H2,1H3,(H,23,27). The van der Waals surface area contributed by atoms with Gasteiger partial charge in [0.25, 0.3) is 5.91 Å². The van der Waals surface area contributed by atoms with Gasteiger partial charge in [-0.15, -0.1) is 11.3 Å². The van der Waals surface area contributed by atoms with Crippen LogP contribution in [0.1, 0.15) is 35.9 Å². The number of carbonyl (C=O) groups excluding carboxylic acids is 1. The fourth-order valence-corrected chi connectivity index (χ4v) is 4.36. The van der Waals surface area contributed by atoms with E-state index >= 15 is 0 Å². The van der Waals surface area contributed by atoms with Crippen LogP contribution in [-0.2, 0) is 6.42 Å². The molecule has 0 spiro atoms. The molecule has 1 aliphatic rings. The van der Waals surface area contributed by atoms with E-state index in [1.807, 2.05) is 29.3 Å². The maximum atomic E-state index is 12.7. The average molecular weight is 414 g/mol. The lowest BCUT2D eigenvalue weighted by molar-refractivity contribution is 0.0689. The zero-order valence-corrected chi connectivity index (χ0v) is 17.0. The van der Waals surface area contributed by atoms with E-state index in [1.165, 1.54) is 11.3 Å². The SMILES string of the molecule is CCOc1ccc(C(=O)N2CCC(Cc3n[nH]c(=O)n3-c3cccs3)CC2)cn1. The van der Waals surface area contributed by atoms with E-state index in [9.17, 15) is 9.59 Å². The molecule has 3 aromatic heterocycles. The number of rotatable bonds is 6. The van der Waals surface area contributed by atoms with Crippen molar-refractivity contribution >= 4 is 17.2 Å². The van der Waals surface area contributed by atoms with Gasteiger partial charge in [-0.3, -0.25) is 4.79 Å². The van der Waals surface area contributed by atoms with Gasteiger partial charge in [-0.1, -0.05) is 0 Å². The molecule has 0 atom stereocenters. The van der Waals surface area contributed by atoms with E-state index in [1.54, 1.807) is 22.9 Å². The van der Waals surface area contributed by atoms with Gasteiger partial charge in [0.15, 0.2) is 0 Å². The molecule has 29 heavy (non-hydrogen) atoms. The second-order valence-corrected chi connectivity index (χ2v) is 7.92. The highest BCUT2D eigenvalue weighted by Crippen LogP contribution is 2.24. The Labute approximate surface area is 172 Å². The molecule has 0 radical (unpaired) electrons. The Bertz CT molecular complexity index is 1000. The number of pyridine rings is 1. The molecular weight excluding hydrogens is 390 g/mol. The van der Waals surface area contributed by atoms with Gasteiger partial charge in [0.05, 0.1) is 12.2 Å². The summed E-state index contributed by atoms with van der Waals surface area (Å²) in [6, 6.07) is 7.32. The number of ether oxygens (including phenoxy) is 1. The van der Waals surface area contributed by atoms with Crippen LogP contribution in [0, 0.1) is 5.92 Å². The van der Waals surface area contributed by atoms with E-state index < -0.39 is 0 Å². The highest BCUT2D eigenvalue weighted by atomic mass is 32.1. The highest BCUT2D eigenvalue weighted by molar-refractivity contribution is 7.12. The van der Waals surface area contributed by atoms with Crippen molar-refractivity contribution in [3.8, 4) is 10.9 Å². The first-order chi connectivity index (χ1) is 14.2. The molecule has 4 rings (SSSR count). The highest BCUT2D eigenvalue weighted by Gasteiger charge is 2.26. The van der Waals surface area contributed by atoms with Gasteiger partial charge >= 0.3 is 5.69 Å². The number of aromatic nitrogens is 4. The summed E-state index contributed by atoms with van der Waals surface area (Å²) in [7, 11) is 0. The fraction of sp³-hybridized carbons (Fsp3) is 0.400. The van der Waals surface area contributed by atoms with Crippen molar-refractivity contribution in [1.29, 1.82) is 0 Å². The van der Waals surface area contributed by atoms with Gasteiger partial charge < -0.3 is 9.64 Å². The fourth-order valence-electron chi connectivity index (χ4n) is 3.61. The van der Waals surface area contributed by atoms with Gasteiger partial charge in [0, 0.05) is 31.8 Å². The lowest BCUT2D eigenvalue weighted by Gasteiger charge is -2.31. The lowest BCUT2D eigenvalue weighted by atomic mass is 9.93. The summed E-state index contributed by atoms with van der Waals surface area (Å²) in [6.45, 7) is 3.81. The molecule has 8 nitrogen and oxygen atoms in total. The molecule has 0 aromatic carbocycles. The first-order valence-electron chi connectivity index (χ1n) is 9.74. The second kappa shape index (κ2) is 8.60. The molecule has 1 fully saturated rings. The molecule has 1 N–H and O–H groups in total. The minimum Gasteiger partial charge on any atom is -0.478 e. The third-order valence-electron chi connectivity index (χ3n) is 5.12. The summed E-state index contributed by atoms with van der Waals surface area (Å²) in [5.74, 6) is 1.65. The van der Waals surface area contributed by atoms with Crippen molar-refractivity contribution < 1.29 is 9.53 Å². The number of hydrogen-bond donors (Lipinski definition) is 1. The summed E-state index contributed by atoms with van der Waals surface area (Å²) in [5.41, 5.74) is 0.365. The average Bonchev–Trinajstić information content (AvgIpc) is 3.39. The number of carbonyl (C=O) groups is 1. The molecule has 1 amide bonds. The minimum atomic E-state index is -0.210. The molecule has 4 heterocycles. The van der Waals surface area contributed by atoms with Crippen molar-refractivity contribution in [3.05, 3.63) is 57.7 Å². The van der Waals surface area contributed by atoms with Gasteiger partial charge in [-0.05, 0) is 49.3 Å². The Morgan fingerprint density at radius 1 is 1.31 bits per heavy atom. The van der Waals surface area contributed by atoms with Crippen LogP contribution in [0.4, 0.5) is 0 Å². The largest absolute Gasteiger partial charge is 0.478 e. The topological polar surface area (TPSA) is 93.1 Å². The zero-order valence-electron chi connectivity index (χ0n) is 16.2. The summed E-state index contributed by atoms with van der Waals surface area (Å²) in [5, 5.41) is 9.59. The minimum absolute atomic E-state index is 0.00531. The van der Waals surface area contributed by atoms with Crippen LogP contribution in [0.15, 0.2) is 40.6 Å². The molecular formula is C20H23N5O3S. The van der Waals surface area contributed by atoms with Crippen molar-refractivity contribution in [2.45, 2.75) is 26.2 Å². The quantitative estimate of drug-likeness (QED) is 0.670. The molecule has 0 aliphatic carbocycles. The van der Waals surface area contributed by atoms with Crippen molar-refractivity contribution in [3.63, 3.8) is 0 Å². The van der Waals surface area contributed by atoms with Gasteiger partial charge in [0.2, 0.25) is 5.88 Å². The third-order valence-corrected chi connectivity index (χ3v) is 5.97. The number of thiophene rings is 1. The predicted molar refractivity (Wildman–Crippen MR) is 110 cm³/mol. The molecule has 0 saturated carbocycles. The molecule has 152 valence electrons. The van der Waals surface area contributed by atoms with Crippen molar-refractivity contribution in [1.82, 2.24) is 24.6 Å². The van der Waals surface area contributed by atoms with Crippen LogP contribution in [0.25, 0.3) is 5.00 Å². The Morgan fingerprint density at radius 2 is 2.14 bits per heavy atom. The molecule has 0 unspecified atom stereocenters. The monoisotopic (exact) mass is 413 g/mol. The first-order valence-corrected chi connectivity index (χ1v) is 10.6. The van der Waals surface area contributed by atoms with Gasteiger partial charge in [-0.25, -0.2) is 19.4 Å². The summed E-state index contributed by atoms with van der Waals surface area (Å²) < 4.78 is 6.97. The van der Waals surface area contributed by atoms with Gasteiger partial charge in [-0.2, -0.15) is 5.10 Å². The first kappa shape index (κ1) is 19.4. The number of aromatic amines is 1. The predicted octanol–water partition coefficient (Wildman–Crippen LogP) is 2.51. The smallest absolute Gasteiger partial charge is 0.348 e. The number of nitrogens with zero attached hydrogens (tertiary/aromatic N) is 4. The Kier molecular flexibility index (Phi) is 5.75. The maximum absolute atomic E-state index is 12.7. The maximum Gasteiger partial charge on any atom is 0.348 e. The number of nitrogens with one attached hydrogen (secondary N) is 1. The van der Waals surface area contributed by atoms with Crippen LogP contribution in [0.3, 0.4) is 0 Å². The normalized spacial score (nSPS) is 14.9. The Morgan fingerprint density at radius 3 is 2.79 bits per heavy atom. The van der Waals surface area contributed by atoms with Crippen LogP contribution in [-0.4, -0.2) is 50.3 Å². The zero-order chi connectivity index (χ0) is 20.2. The number of H-pyrrole nitrogens is 1. The van der Waals surface area contributed by atoms with E-state index in [0.29, 0.717) is 43.5 Å². The van der Waals surface area contributed by atoms with E-state index in [0.717, 1.165) is 23.7 Å². The third kappa shape index (κ3) is 4.24. The molecule has 9 heteroatoms. The Hall–Kier alpha value is -2.94. The molecule has 0 bridgehead atoms. The Balaban J connectivity index is 1.37. The van der Waals surface area contributed by atoms with E-state index in [2.05, 4.69) is 15.2 Å². The van der Waals surface area contributed by atoms with E-state index in [4.69, 9.17) is 4.74 Å². The summed E-state index contributed by atoms with van der Waals surface area (Å²) >= 11 is 1.51. The lowest BCUT2D eigenvalue weighted by Crippen LogP contribution is -2.39. The van der Waals surface area contributed by atoms with Crippen LogP contribution in [0.2, 0.25) is 0 Å². The van der Waals surface area contributed by atoms with Crippen molar-refractivity contribution in [2.24, 2.45) is 5.92 Å². The molecule has 3 aromatic rings. The summed E-state index contributed by atoms with van der Waals surface area (Å²) in [6.07, 6.45) is 4.04. The van der Waals surface area contributed by atoms with Crippen LogP contribution < -0.4 is 10.4 Å². The number of piperidine rings is 1. The summed E-state index contributed by atoms with van der Waals surface area (Å²) in [4.78, 5) is 30.9. The van der Waals surface area contributed by atoms with E-state index in [-0.39, 0.29) is 11.6 Å². The number of amides is 1. The van der Waals surface area contributed by atoms with Crippen molar-refractivity contribution in [2.75, 3.05) is 19.7 Å². The van der Waals surface area contributed by atoms with Gasteiger partial charge in [0.1, 0.15) is 10.8 Å². The molecule has 1 saturated heterocycles. The second-order valence-electron chi connectivity index (χ2n) is 6.99. The van der Waals surface area contributed by atoms with Crippen LogP contribution >= 0.6 is 11.3 Å². The molecule has 1 aliphatic heterocycles. The number of hydrogen-bond acceptors (Lipinski definition) is 6. The number of likely N-dealkylation sites (tertiary alicyclic amines) is 1. The van der Waals surface area contributed by atoms with Crippen LogP contribution in [0.5, 0.6) is 5.88 Å².